The Morgan fingerprint density at radius 1 is 1.00 bits per heavy atom. The van der Waals surface area contributed by atoms with Crippen molar-refractivity contribution in [3.8, 4) is 17.1 Å². The second-order valence-corrected chi connectivity index (χ2v) is 9.89. The molecular weight excluding hydrogens is 464 g/mol. The van der Waals surface area contributed by atoms with Gasteiger partial charge in [0, 0.05) is 22.8 Å². The fourth-order valence-electron chi connectivity index (χ4n) is 4.35. The molecule has 172 valence electrons. The fourth-order valence-corrected chi connectivity index (χ4v) is 5.36. The summed E-state index contributed by atoms with van der Waals surface area (Å²) in [6.07, 6.45) is 1.99. The number of halogens is 1. The van der Waals surface area contributed by atoms with E-state index in [4.69, 9.17) is 11.6 Å². The van der Waals surface area contributed by atoms with Gasteiger partial charge in [-0.3, -0.25) is 9.36 Å². The van der Waals surface area contributed by atoms with Crippen LogP contribution in [-0.4, -0.2) is 33.0 Å². The third-order valence-electron chi connectivity index (χ3n) is 6.06. The molecule has 0 spiro atoms. The van der Waals surface area contributed by atoms with E-state index in [2.05, 4.69) is 48.3 Å². The fraction of sp³-hybridized carbons (Fsp3) is 0.222. The number of carbonyl (C=O) groups is 1. The van der Waals surface area contributed by atoms with Gasteiger partial charge < -0.3 is 4.90 Å². The standard InChI is InChI=1S/C27H25ClN4OS/c1-18-12-13-19(2)24(15-18)32-26(21-8-5-10-22(28)16-21)29-30-27(32)34-17-25(33)31-14-6-9-20-7-3-4-11-23(20)31/h3-5,7-8,10-13,15-16H,6,9,14,17H2,1-2H3. The third kappa shape index (κ3) is 4.48. The minimum absolute atomic E-state index is 0.0805. The molecule has 0 saturated carbocycles. The predicted molar refractivity (Wildman–Crippen MR) is 139 cm³/mol. The molecule has 0 N–H and O–H groups in total. The lowest BCUT2D eigenvalue weighted by Gasteiger charge is -2.29. The quantitative estimate of drug-likeness (QED) is 0.310. The van der Waals surface area contributed by atoms with Crippen molar-refractivity contribution in [1.82, 2.24) is 14.8 Å². The molecule has 0 fully saturated rings. The van der Waals surface area contributed by atoms with Crippen molar-refractivity contribution in [2.75, 3.05) is 17.2 Å². The van der Waals surface area contributed by atoms with Crippen LogP contribution < -0.4 is 4.90 Å². The van der Waals surface area contributed by atoms with Gasteiger partial charge >= 0.3 is 0 Å². The van der Waals surface area contributed by atoms with E-state index >= 15 is 0 Å². The van der Waals surface area contributed by atoms with Crippen molar-refractivity contribution in [3.05, 3.63) is 88.4 Å². The van der Waals surface area contributed by atoms with Gasteiger partial charge in [-0.15, -0.1) is 10.2 Å². The summed E-state index contributed by atoms with van der Waals surface area (Å²) in [5.41, 5.74) is 6.38. The van der Waals surface area contributed by atoms with Gasteiger partial charge in [0.15, 0.2) is 11.0 Å². The highest BCUT2D eigenvalue weighted by Gasteiger charge is 2.24. The van der Waals surface area contributed by atoms with E-state index in [1.165, 1.54) is 17.3 Å². The minimum atomic E-state index is 0.0805. The number of thioether (sulfide) groups is 1. The van der Waals surface area contributed by atoms with Crippen LogP contribution >= 0.6 is 23.4 Å². The number of para-hydroxylation sites is 1. The Labute approximate surface area is 208 Å². The summed E-state index contributed by atoms with van der Waals surface area (Å²) >= 11 is 7.69. The third-order valence-corrected chi connectivity index (χ3v) is 7.21. The molecule has 5 nitrogen and oxygen atoms in total. The molecular formula is C27H25ClN4OS. The maximum atomic E-state index is 13.3. The number of benzene rings is 3. The van der Waals surface area contributed by atoms with Gasteiger partial charge in [0.05, 0.1) is 11.4 Å². The molecule has 1 aliphatic heterocycles. The molecule has 34 heavy (non-hydrogen) atoms. The van der Waals surface area contributed by atoms with Gasteiger partial charge in [-0.2, -0.15) is 0 Å². The SMILES string of the molecule is Cc1ccc(C)c(-n2c(SCC(=O)N3CCCc4ccccc43)nnc2-c2cccc(Cl)c2)c1. The van der Waals surface area contributed by atoms with Crippen molar-refractivity contribution in [2.45, 2.75) is 31.8 Å². The first-order valence-corrected chi connectivity index (χ1v) is 12.7. The summed E-state index contributed by atoms with van der Waals surface area (Å²) < 4.78 is 2.04. The van der Waals surface area contributed by atoms with Crippen LogP contribution in [-0.2, 0) is 11.2 Å². The lowest BCUT2D eigenvalue weighted by molar-refractivity contribution is -0.116. The predicted octanol–water partition coefficient (Wildman–Crippen LogP) is 6.28. The molecule has 0 unspecified atom stereocenters. The van der Waals surface area contributed by atoms with E-state index in [9.17, 15) is 4.79 Å². The van der Waals surface area contributed by atoms with E-state index in [0.717, 1.165) is 47.5 Å². The normalized spacial score (nSPS) is 13.1. The Balaban J connectivity index is 1.49. The number of aryl methyl sites for hydroxylation is 3. The summed E-state index contributed by atoms with van der Waals surface area (Å²) in [6.45, 7) is 4.88. The number of nitrogens with zero attached hydrogens (tertiary/aromatic N) is 4. The minimum Gasteiger partial charge on any atom is -0.311 e. The molecule has 0 aliphatic carbocycles. The average Bonchev–Trinajstić information content (AvgIpc) is 3.27. The van der Waals surface area contributed by atoms with Crippen molar-refractivity contribution in [2.24, 2.45) is 0 Å². The summed E-state index contributed by atoms with van der Waals surface area (Å²) in [5, 5.41) is 10.3. The second-order valence-electron chi connectivity index (χ2n) is 8.51. The molecule has 7 heteroatoms. The van der Waals surface area contributed by atoms with Crippen LogP contribution in [0.2, 0.25) is 5.02 Å². The second kappa shape index (κ2) is 9.65. The lowest BCUT2D eigenvalue weighted by Crippen LogP contribution is -2.36. The zero-order valence-electron chi connectivity index (χ0n) is 19.2. The van der Waals surface area contributed by atoms with Gasteiger partial charge in [-0.05, 0) is 67.6 Å². The first kappa shape index (κ1) is 22.7. The van der Waals surface area contributed by atoms with E-state index < -0.39 is 0 Å². The highest BCUT2D eigenvalue weighted by molar-refractivity contribution is 7.99. The first-order chi connectivity index (χ1) is 16.5. The van der Waals surface area contributed by atoms with Crippen LogP contribution in [0.3, 0.4) is 0 Å². The molecule has 2 heterocycles. The number of aromatic nitrogens is 3. The molecule has 5 rings (SSSR count). The number of hydrogen-bond acceptors (Lipinski definition) is 4. The van der Waals surface area contributed by atoms with Gasteiger partial charge in [0.25, 0.3) is 0 Å². The average molecular weight is 489 g/mol. The topological polar surface area (TPSA) is 51.0 Å². The highest BCUT2D eigenvalue weighted by atomic mass is 35.5. The Kier molecular flexibility index (Phi) is 6.44. The molecule has 0 saturated heterocycles. The molecule has 0 bridgehead atoms. The number of carbonyl (C=O) groups excluding carboxylic acids is 1. The molecule has 1 aliphatic rings. The summed E-state index contributed by atoms with van der Waals surface area (Å²) in [6, 6.07) is 22.1. The number of anilines is 1. The molecule has 1 aromatic heterocycles. The van der Waals surface area contributed by atoms with Crippen LogP contribution in [0.5, 0.6) is 0 Å². The molecule has 1 amide bonds. The largest absolute Gasteiger partial charge is 0.311 e. The van der Waals surface area contributed by atoms with E-state index in [1.54, 1.807) is 0 Å². The molecule has 0 atom stereocenters. The Bertz CT molecular complexity index is 1370. The number of rotatable bonds is 5. The molecule has 4 aromatic rings. The van der Waals surface area contributed by atoms with Crippen LogP contribution in [0.25, 0.3) is 17.1 Å². The number of fused-ring (bicyclic) bond motifs is 1. The van der Waals surface area contributed by atoms with E-state index in [0.29, 0.717) is 16.0 Å². The zero-order chi connectivity index (χ0) is 23.7. The monoisotopic (exact) mass is 488 g/mol. The number of amides is 1. The van der Waals surface area contributed by atoms with Crippen LogP contribution in [0.4, 0.5) is 5.69 Å². The number of hydrogen-bond donors (Lipinski definition) is 0. The van der Waals surface area contributed by atoms with Crippen molar-refractivity contribution in [3.63, 3.8) is 0 Å². The van der Waals surface area contributed by atoms with E-state index in [-0.39, 0.29) is 11.7 Å². The summed E-state index contributed by atoms with van der Waals surface area (Å²) in [4.78, 5) is 15.2. The maximum Gasteiger partial charge on any atom is 0.237 e. The molecule has 3 aromatic carbocycles. The summed E-state index contributed by atoms with van der Waals surface area (Å²) in [5.74, 6) is 1.07. The van der Waals surface area contributed by atoms with Crippen LogP contribution in [0.1, 0.15) is 23.1 Å². The first-order valence-electron chi connectivity index (χ1n) is 11.3. The van der Waals surface area contributed by atoms with Gasteiger partial charge in [-0.25, -0.2) is 0 Å². The molecule has 0 radical (unpaired) electrons. The van der Waals surface area contributed by atoms with Gasteiger partial charge in [0.1, 0.15) is 0 Å². The van der Waals surface area contributed by atoms with Gasteiger partial charge in [0.2, 0.25) is 5.91 Å². The Morgan fingerprint density at radius 2 is 1.85 bits per heavy atom. The maximum absolute atomic E-state index is 13.3. The van der Waals surface area contributed by atoms with E-state index in [1.807, 2.05) is 51.9 Å². The summed E-state index contributed by atoms with van der Waals surface area (Å²) in [7, 11) is 0. The van der Waals surface area contributed by atoms with Crippen molar-refractivity contribution < 1.29 is 4.79 Å². The van der Waals surface area contributed by atoms with Crippen LogP contribution in [0, 0.1) is 13.8 Å². The van der Waals surface area contributed by atoms with Crippen LogP contribution in [0.15, 0.2) is 71.9 Å². The zero-order valence-corrected chi connectivity index (χ0v) is 20.7. The smallest absolute Gasteiger partial charge is 0.237 e. The Morgan fingerprint density at radius 3 is 2.71 bits per heavy atom. The van der Waals surface area contributed by atoms with Gasteiger partial charge in [-0.1, -0.05) is 65.8 Å². The lowest BCUT2D eigenvalue weighted by atomic mass is 10.0. The van der Waals surface area contributed by atoms with Crippen molar-refractivity contribution >= 4 is 35.0 Å². The van der Waals surface area contributed by atoms with Crippen molar-refractivity contribution in [1.29, 1.82) is 0 Å². The Hall–Kier alpha value is -3.09. The highest BCUT2D eigenvalue weighted by Crippen LogP contribution is 2.32.